The highest BCUT2D eigenvalue weighted by molar-refractivity contribution is 5.96. The number of amides is 2. The molecule has 0 aliphatic carbocycles. The Labute approximate surface area is 119 Å². The van der Waals surface area contributed by atoms with Crippen LogP contribution in [0.5, 0.6) is 0 Å². The van der Waals surface area contributed by atoms with E-state index in [-0.39, 0.29) is 17.7 Å². The number of aryl methyl sites for hydroxylation is 1. The number of carbonyl (C=O) groups is 2. The predicted octanol–water partition coefficient (Wildman–Crippen LogP) is 1.67. The van der Waals surface area contributed by atoms with Gasteiger partial charge in [0.05, 0.1) is 0 Å². The van der Waals surface area contributed by atoms with E-state index in [1.807, 2.05) is 13.8 Å². The van der Waals surface area contributed by atoms with E-state index in [2.05, 4.69) is 10.6 Å². The zero-order valence-electron chi connectivity index (χ0n) is 12.3. The minimum atomic E-state index is -0.137. The van der Waals surface area contributed by atoms with E-state index in [0.29, 0.717) is 12.1 Å². The molecule has 110 valence electrons. The number of nitrogens with two attached hydrogens (primary N) is 1. The smallest absolute Gasteiger partial charge is 0.251 e. The van der Waals surface area contributed by atoms with Crippen molar-refractivity contribution in [3.8, 4) is 0 Å². The van der Waals surface area contributed by atoms with Gasteiger partial charge in [0.1, 0.15) is 0 Å². The summed E-state index contributed by atoms with van der Waals surface area (Å²) < 4.78 is 0. The van der Waals surface area contributed by atoms with Gasteiger partial charge in [-0.2, -0.15) is 0 Å². The van der Waals surface area contributed by atoms with Gasteiger partial charge in [0.15, 0.2) is 0 Å². The predicted molar refractivity (Wildman–Crippen MR) is 80.7 cm³/mol. The lowest BCUT2D eigenvalue weighted by Crippen LogP contribution is -2.22. The van der Waals surface area contributed by atoms with Crippen LogP contribution in [0.1, 0.15) is 35.7 Å². The number of hydrogen-bond acceptors (Lipinski definition) is 3. The average Bonchev–Trinajstić information content (AvgIpc) is 2.45. The Morgan fingerprint density at radius 2 is 2.05 bits per heavy atom. The molecule has 1 aromatic carbocycles. The van der Waals surface area contributed by atoms with Gasteiger partial charge in [-0.05, 0) is 50.1 Å². The Hall–Kier alpha value is -1.88. The van der Waals surface area contributed by atoms with Crippen molar-refractivity contribution in [2.75, 3.05) is 18.9 Å². The molecule has 0 aliphatic rings. The average molecular weight is 277 g/mol. The molecule has 4 N–H and O–H groups in total. The molecule has 0 spiro atoms. The van der Waals surface area contributed by atoms with Gasteiger partial charge in [-0.1, -0.05) is 6.92 Å². The number of carbonyl (C=O) groups excluding carboxylic acids is 2. The first-order valence-corrected chi connectivity index (χ1v) is 6.83. The molecule has 0 saturated heterocycles. The van der Waals surface area contributed by atoms with Gasteiger partial charge >= 0.3 is 0 Å². The summed E-state index contributed by atoms with van der Waals surface area (Å²) in [5.74, 6) is -0.229. The fourth-order valence-corrected chi connectivity index (χ4v) is 1.90. The molecule has 5 nitrogen and oxygen atoms in total. The maximum atomic E-state index is 12.0. The molecule has 0 heterocycles. The van der Waals surface area contributed by atoms with Gasteiger partial charge in [0.25, 0.3) is 5.91 Å². The summed E-state index contributed by atoms with van der Waals surface area (Å²) in [5.41, 5.74) is 7.63. The molecule has 2 amide bonds. The van der Waals surface area contributed by atoms with Gasteiger partial charge in [0.2, 0.25) is 5.91 Å². The van der Waals surface area contributed by atoms with Gasteiger partial charge < -0.3 is 16.4 Å². The first-order chi connectivity index (χ1) is 9.49. The topological polar surface area (TPSA) is 84.2 Å². The number of benzene rings is 1. The standard InChI is InChI=1S/C15H23N3O2/c1-10(5-4-8-16)14(19)18-13-7-6-12(9-11(13)2)15(20)17-3/h6-7,9-10H,4-5,8,16H2,1-3H3,(H,17,20)(H,18,19). The van der Waals surface area contributed by atoms with E-state index in [4.69, 9.17) is 5.73 Å². The molecule has 0 aliphatic heterocycles. The first-order valence-electron chi connectivity index (χ1n) is 6.83. The second-order valence-corrected chi connectivity index (χ2v) is 4.93. The van der Waals surface area contributed by atoms with Gasteiger partial charge in [0, 0.05) is 24.2 Å². The summed E-state index contributed by atoms with van der Waals surface area (Å²) in [4.78, 5) is 23.5. The zero-order valence-corrected chi connectivity index (χ0v) is 12.3. The van der Waals surface area contributed by atoms with Crippen molar-refractivity contribution in [1.29, 1.82) is 0 Å². The summed E-state index contributed by atoms with van der Waals surface area (Å²) >= 11 is 0. The molecule has 5 heteroatoms. The normalized spacial score (nSPS) is 11.8. The van der Waals surface area contributed by atoms with Crippen molar-refractivity contribution in [2.45, 2.75) is 26.7 Å². The Morgan fingerprint density at radius 1 is 1.35 bits per heavy atom. The quantitative estimate of drug-likeness (QED) is 0.739. The Kier molecular flexibility index (Phi) is 6.18. The van der Waals surface area contributed by atoms with E-state index in [9.17, 15) is 9.59 Å². The summed E-state index contributed by atoms with van der Waals surface area (Å²) in [6, 6.07) is 5.22. The van der Waals surface area contributed by atoms with Crippen LogP contribution in [0.4, 0.5) is 5.69 Å². The second-order valence-electron chi connectivity index (χ2n) is 4.93. The lowest BCUT2D eigenvalue weighted by Gasteiger charge is -2.14. The van der Waals surface area contributed by atoms with Crippen molar-refractivity contribution < 1.29 is 9.59 Å². The first kappa shape index (κ1) is 16.2. The number of nitrogens with one attached hydrogen (secondary N) is 2. The van der Waals surface area contributed by atoms with E-state index in [0.717, 1.165) is 24.1 Å². The van der Waals surface area contributed by atoms with Crippen molar-refractivity contribution in [1.82, 2.24) is 5.32 Å². The highest BCUT2D eigenvalue weighted by Gasteiger charge is 2.14. The van der Waals surface area contributed by atoms with E-state index >= 15 is 0 Å². The van der Waals surface area contributed by atoms with E-state index in [1.54, 1.807) is 25.2 Å². The molecule has 0 aromatic heterocycles. The van der Waals surface area contributed by atoms with Crippen LogP contribution in [0.2, 0.25) is 0 Å². The molecule has 1 aromatic rings. The van der Waals surface area contributed by atoms with Gasteiger partial charge in [-0.15, -0.1) is 0 Å². The largest absolute Gasteiger partial charge is 0.355 e. The van der Waals surface area contributed by atoms with Crippen LogP contribution in [0.25, 0.3) is 0 Å². The van der Waals surface area contributed by atoms with Crippen molar-refractivity contribution in [3.63, 3.8) is 0 Å². The fraction of sp³-hybridized carbons (Fsp3) is 0.467. The minimum absolute atomic E-state index is 0.0192. The fourth-order valence-electron chi connectivity index (χ4n) is 1.90. The second kappa shape index (κ2) is 7.65. The van der Waals surface area contributed by atoms with Gasteiger partial charge in [-0.25, -0.2) is 0 Å². The maximum Gasteiger partial charge on any atom is 0.251 e. The summed E-state index contributed by atoms with van der Waals surface area (Å²) in [6.45, 7) is 4.35. The monoisotopic (exact) mass is 277 g/mol. The van der Waals surface area contributed by atoms with E-state index < -0.39 is 0 Å². The van der Waals surface area contributed by atoms with E-state index in [1.165, 1.54) is 0 Å². The molecule has 0 radical (unpaired) electrons. The molecule has 20 heavy (non-hydrogen) atoms. The van der Waals surface area contributed by atoms with Crippen LogP contribution in [0.3, 0.4) is 0 Å². The van der Waals surface area contributed by atoms with Crippen LogP contribution in [0, 0.1) is 12.8 Å². The SMILES string of the molecule is CNC(=O)c1ccc(NC(=O)C(C)CCCN)c(C)c1. The Bertz CT molecular complexity index is 486. The van der Waals surface area contributed by atoms with Crippen LogP contribution in [-0.4, -0.2) is 25.4 Å². The molecule has 1 atom stereocenters. The third kappa shape index (κ3) is 4.35. The summed E-state index contributed by atoms with van der Waals surface area (Å²) in [7, 11) is 1.59. The van der Waals surface area contributed by atoms with Crippen LogP contribution in [0.15, 0.2) is 18.2 Å². The molecular weight excluding hydrogens is 254 g/mol. The lowest BCUT2D eigenvalue weighted by molar-refractivity contribution is -0.119. The number of anilines is 1. The molecule has 0 fully saturated rings. The van der Waals surface area contributed by atoms with Crippen LogP contribution < -0.4 is 16.4 Å². The molecular formula is C15H23N3O2. The van der Waals surface area contributed by atoms with Crippen LogP contribution in [-0.2, 0) is 4.79 Å². The molecule has 1 rings (SSSR count). The Balaban J connectivity index is 2.73. The molecule has 0 bridgehead atoms. The lowest BCUT2D eigenvalue weighted by atomic mass is 10.0. The van der Waals surface area contributed by atoms with Crippen molar-refractivity contribution in [2.24, 2.45) is 11.7 Å². The highest BCUT2D eigenvalue weighted by atomic mass is 16.2. The Morgan fingerprint density at radius 3 is 2.60 bits per heavy atom. The van der Waals surface area contributed by atoms with Crippen LogP contribution >= 0.6 is 0 Å². The third-order valence-corrected chi connectivity index (χ3v) is 3.26. The number of rotatable bonds is 6. The summed E-state index contributed by atoms with van der Waals surface area (Å²) in [5, 5.41) is 5.46. The highest BCUT2D eigenvalue weighted by Crippen LogP contribution is 2.18. The number of hydrogen-bond donors (Lipinski definition) is 3. The minimum Gasteiger partial charge on any atom is -0.355 e. The summed E-state index contributed by atoms with van der Waals surface area (Å²) in [6.07, 6.45) is 1.61. The van der Waals surface area contributed by atoms with Crippen molar-refractivity contribution >= 4 is 17.5 Å². The molecule has 0 saturated carbocycles. The maximum absolute atomic E-state index is 12.0. The van der Waals surface area contributed by atoms with Gasteiger partial charge in [-0.3, -0.25) is 9.59 Å². The zero-order chi connectivity index (χ0) is 15.1. The van der Waals surface area contributed by atoms with Crippen molar-refractivity contribution in [3.05, 3.63) is 29.3 Å². The molecule has 1 unspecified atom stereocenters. The third-order valence-electron chi connectivity index (χ3n) is 3.26.